The van der Waals surface area contributed by atoms with Crippen LogP contribution in [0.25, 0.3) is 6.08 Å². The molecule has 26 heavy (non-hydrogen) atoms. The molecule has 0 radical (unpaired) electrons. The number of halogens is 6. The first-order chi connectivity index (χ1) is 11.6. The van der Waals surface area contributed by atoms with Gasteiger partial charge in [0.2, 0.25) is 0 Å². The van der Waals surface area contributed by atoms with Crippen LogP contribution in [0.2, 0.25) is 0 Å². The molecule has 0 aliphatic carbocycles. The Hall–Kier alpha value is -1.76. The largest absolute Gasteiger partial charge is 0.498 e. The summed E-state index contributed by atoms with van der Waals surface area (Å²) in [5.41, 5.74) is -12.9. The van der Waals surface area contributed by atoms with Gasteiger partial charge in [0.25, 0.3) is 19.7 Å². The summed E-state index contributed by atoms with van der Waals surface area (Å²) < 4.78 is 124. The predicted molar refractivity (Wildman–Crippen MR) is 80.5 cm³/mol. The van der Waals surface area contributed by atoms with Crippen molar-refractivity contribution in [2.45, 2.75) is 22.0 Å². The summed E-state index contributed by atoms with van der Waals surface area (Å²) in [5.74, 6) is -0.0295. The first-order valence-electron chi connectivity index (χ1n) is 6.49. The molecule has 0 saturated heterocycles. The van der Waals surface area contributed by atoms with Crippen LogP contribution in [0.15, 0.2) is 24.8 Å². The normalized spacial score (nSPS) is 13.7. The molecule has 1 aromatic rings. The molecule has 0 aliphatic heterocycles. The smallest absolute Gasteiger partial charge is 0.497 e. The topological polar surface area (TPSA) is 77.5 Å². The molecule has 5 nitrogen and oxygen atoms in total. The van der Waals surface area contributed by atoms with Crippen molar-refractivity contribution in [2.75, 3.05) is 7.11 Å². The molecule has 0 unspecified atom stereocenters. The van der Waals surface area contributed by atoms with Crippen molar-refractivity contribution < 1.29 is 47.9 Å². The van der Waals surface area contributed by atoms with Gasteiger partial charge in [-0.15, -0.1) is 0 Å². The quantitative estimate of drug-likeness (QED) is 0.654. The minimum Gasteiger partial charge on any atom is -0.497 e. The summed E-state index contributed by atoms with van der Waals surface area (Å²) in [4.78, 5) is 0. The molecule has 148 valence electrons. The van der Waals surface area contributed by atoms with Gasteiger partial charge in [-0.3, -0.25) is 0 Å². The van der Waals surface area contributed by atoms with Crippen molar-refractivity contribution in [1.82, 2.24) is 0 Å². The Balaban J connectivity index is 3.68. The van der Waals surface area contributed by atoms with E-state index in [-0.39, 0.29) is 11.3 Å². The third kappa shape index (κ3) is 4.14. The first kappa shape index (κ1) is 22.3. The summed E-state index contributed by atoms with van der Waals surface area (Å²) in [6.07, 6.45) is -0.575. The fourth-order valence-corrected chi connectivity index (χ4v) is 5.33. The Bertz CT molecular complexity index is 841. The van der Waals surface area contributed by atoms with Crippen molar-refractivity contribution in [1.29, 1.82) is 0 Å². The third-order valence-electron chi connectivity index (χ3n) is 3.29. The molecule has 0 N–H and O–H groups in total. The maximum absolute atomic E-state index is 12.8. The Morgan fingerprint density at radius 2 is 1.50 bits per heavy atom. The standard InChI is InChI=1S/C13H12F6O5S2/c1-3-8-4-5-10(24-2)6-9(8)7-11(25(20,21)12(14,15)16)26(22,23)13(17,18)19/h3-6,11H,1,7H2,2H3. The van der Waals surface area contributed by atoms with Crippen molar-refractivity contribution in [3.05, 3.63) is 35.9 Å². The van der Waals surface area contributed by atoms with E-state index in [9.17, 15) is 43.2 Å². The van der Waals surface area contributed by atoms with Crippen LogP contribution in [0, 0.1) is 0 Å². The van der Waals surface area contributed by atoms with Crippen LogP contribution in [-0.2, 0) is 26.1 Å². The minimum absolute atomic E-state index is 0.0295. The summed E-state index contributed by atoms with van der Waals surface area (Å²) in [6, 6.07) is 3.40. The molecule has 0 fully saturated rings. The number of rotatable bonds is 6. The Kier molecular flexibility index (Phi) is 6.08. The summed E-state index contributed by atoms with van der Waals surface area (Å²) in [6.45, 7) is 3.29. The number of sulfone groups is 2. The second-order valence-corrected chi connectivity index (χ2v) is 9.43. The second kappa shape index (κ2) is 7.10. The van der Waals surface area contributed by atoms with Gasteiger partial charge in [0.15, 0.2) is 4.58 Å². The van der Waals surface area contributed by atoms with Crippen LogP contribution in [0.1, 0.15) is 11.1 Å². The van der Waals surface area contributed by atoms with Gasteiger partial charge in [-0.05, 0) is 23.3 Å². The molecule has 1 aromatic carbocycles. The molecule has 0 saturated carbocycles. The van der Waals surface area contributed by atoms with Crippen molar-refractivity contribution in [3.63, 3.8) is 0 Å². The van der Waals surface area contributed by atoms with Crippen molar-refractivity contribution in [2.24, 2.45) is 0 Å². The Labute approximate surface area is 145 Å². The maximum atomic E-state index is 12.8. The zero-order valence-electron chi connectivity index (χ0n) is 12.9. The number of hydrogen-bond acceptors (Lipinski definition) is 5. The lowest BCUT2D eigenvalue weighted by Gasteiger charge is -2.22. The van der Waals surface area contributed by atoms with E-state index in [1.165, 1.54) is 12.1 Å². The van der Waals surface area contributed by atoms with Gasteiger partial charge < -0.3 is 4.74 Å². The van der Waals surface area contributed by atoms with Gasteiger partial charge in [-0.2, -0.15) is 26.3 Å². The molecule has 0 spiro atoms. The van der Waals surface area contributed by atoms with Gasteiger partial charge in [0.05, 0.1) is 7.11 Å². The molecule has 0 atom stereocenters. The summed E-state index contributed by atoms with van der Waals surface area (Å²) in [7, 11) is -12.3. The third-order valence-corrected chi connectivity index (χ3v) is 7.82. The first-order valence-corrected chi connectivity index (χ1v) is 9.58. The molecule has 0 aromatic heterocycles. The monoisotopic (exact) mass is 426 g/mol. The minimum atomic E-state index is -6.71. The van der Waals surface area contributed by atoms with Crippen LogP contribution in [0.3, 0.4) is 0 Å². The molecule has 13 heteroatoms. The van der Waals surface area contributed by atoms with E-state index < -0.39 is 47.3 Å². The van der Waals surface area contributed by atoms with Gasteiger partial charge in [-0.1, -0.05) is 18.7 Å². The summed E-state index contributed by atoms with van der Waals surface area (Å²) in [5, 5.41) is 0. The lowest BCUT2D eigenvalue weighted by molar-refractivity contribution is -0.0471. The molecule has 0 bridgehead atoms. The number of benzene rings is 1. The molecule has 0 heterocycles. The molecule has 0 amide bonds. The van der Waals surface area contributed by atoms with Crippen LogP contribution in [0.4, 0.5) is 26.3 Å². The molecular formula is C13H12F6O5S2. The van der Waals surface area contributed by atoms with Gasteiger partial charge in [0, 0.05) is 6.42 Å². The van der Waals surface area contributed by atoms with Crippen LogP contribution < -0.4 is 4.74 Å². The number of hydrogen-bond donors (Lipinski definition) is 0. The average molecular weight is 426 g/mol. The molecule has 1 rings (SSSR count). The van der Waals surface area contributed by atoms with E-state index in [2.05, 4.69) is 6.58 Å². The van der Waals surface area contributed by atoms with Gasteiger partial charge in [-0.25, -0.2) is 16.8 Å². The SMILES string of the molecule is C=Cc1ccc(OC)cc1CC(S(=O)(=O)C(F)(F)F)S(=O)(=O)C(F)(F)F. The van der Waals surface area contributed by atoms with Crippen molar-refractivity contribution in [3.8, 4) is 5.75 Å². The number of ether oxygens (including phenoxy) is 1. The van der Waals surface area contributed by atoms with E-state index in [4.69, 9.17) is 4.74 Å². The summed E-state index contributed by atoms with van der Waals surface area (Å²) >= 11 is 0. The highest BCUT2D eigenvalue weighted by atomic mass is 32.3. The van der Waals surface area contributed by atoms with E-state index in [1.54, 1.807) is 0 Å². The van der Waals surface area contributed by atoms with Crippen molar-refractivity contribution >= 4 is 25.8 Å². The second-order valence-electron chi connectivity index (χ2n) is 4.88. The average Bonchev–Trinajstić information content (AvgIpc) is 2.49. The van der Waals surface area contributed by atoms with Gasteiger partial charge >= 0.3 is 11.0 Å². The van der Waals surface area contributed by atoms with Gasteiger partial charge in [0.1, 0.15) is 5.75 Å². The fraction of sp³-hybridized carbons (Fsp3) is 0.385. The maximum Gasteiger partial charge on any atom is 0.498 e. The van der Waals surface area contributed by atoms with Crippen LogP contribution in [0.5, 0.6) is 5.75 Å². The Morgan fingerprint density at radius 1 is 1.04 bits per heavy atom. The Morgan fingerprint density at radius 3 is 1.85 bits per heavy atom. The molecule has 0 aliphatic rings. The zero-order valence-corrected chi connectivity index (χ0v) is 14.6. The van der Waals surface area contributed by atoms with E-state index in [1.807, 2.05) is 0 Å². The number of alkyl halides is 6. The van der Waals surface area contributed by atoms with E-state index >= 15 is 0 Å². The highest BCUT2D eigenvalue weighted by Crippen LogP contribution is 2.38. The molecular weight excluding hydrogens is 414 g/mol. The highest BCUT2D eigenvalue weighted by molar-refractivity contribution is 8.09. The number of methoxy groups -OCH3 is 1. The fourth-order valence-electron chi connectivity index (χ4n) is 1.95. The lowest BCUT2D eigenvalue weighted by Crippen LogP contribution is -2.46. The lowest BCUT2D eigenvalue weighted by atomic mass is 10.0. The predicted octanol–water partition coefficient (Wildman–Crippen LogP) is 3.08. The van der Waals surface area contributed by atoms with E-state index in [0.29, 0.717) is 0 Å². The van der Waals surface area contributed by atoms with Crippen LogP contribution >= 0.6 is 0 Å². The van der Waals surface area contributed by atoms with Crippen LogP contribution in [-0.4, -0.2) is 39.5 Å². The van der Waals surface area contributed by atoms with E-state index in [0.717, 1.165) is 19.3 Å². The highest BCUT2D eigenvalue weighted by Gasteiger charge is 2.62. The zero-order chi connectivity index (χ0) is 20.6.